The number of aryl methyl sites for hydroxylation is 2. The van der Waals surface area contributed by atoms with Gasteiger partial charge in [-0.2, -0.15) is 4.98 Å². The first-order valence-corrected chi connectivity index (χ1v) is 14.9. The lowest BCUT2D eigenvalue weighted by molar-refractivity contribution is -0.640. The molecule has 1 spiro atoms. The van der Waals surface area contributed by atoms with Crippen LogP contribution in [0.15, 0.2) is 36.4 Å². The number of nitrogens with two attached hydrogens (primary N) is 1. The Labute approximate surface area is 222 Å². The predicted molar refractivity (Wildman–Crippen MR) is 145 cm³/mol. The van der Waals surface area contributed by atoms with Gasteiger partial charge in [-0.1, -0.05) is 43.5 Å². The summed E-state index contributed by atoms with van der Waals surface area (Å²) in [6.45, 7) is 5.10. The van der Waals surface area contributed by atoms with Crippen molar-refractivity contribution < 1.29 is 19.8 Å². The van der Waals surface area contributed by atoms with E-state index >= 15 is 0 Å². The molecule has 2 aromatic rings. The van der Waals surface area contributed by atoms with Gasteiger partial charge in [0.1, 0.15) is 5.92 Å². The van der Waals surface area contributed by atoms with Crippen molar-refractivity contribution in [1.82, 2.24) is 4.90 Å². The quantitative estimate of drug-likeness (QED) is 0.687. The molecule has 2 aliphatic carbocycles. The van der Waals surface area contributed by atoms with E-state index in [-0.39, 0.29) is 11.3 Å². The summed E-state index contributed by atoms with van der Waals surface area (Å²) >= 11 is 0. The van der Waals surface area contributed by atoms with Gasteiger partial charge in [0.15, 0.2) is 5.69 Å². The third kappa shape index (κ3) is 4.47. The zero-order valence-corrected chi connectivity index (χ0v) is 22.8. The fraction of sp³-hybridized carbons (Fsp3) is 0.625. The number of carbonyl (C=O) groups is 1. The van der Waals surface area contributed by atoms with E-state index in [4.69, 9.17) is 4.74 Å². The minimum atomic E-state index is -0.0581. The number of nitrogens with zero attached hydrogens (tertiary/aromatic N) is 1. The monoisotopic (exact) mass is 503 g/mol. The van der Waals surface area contributed by atoms with E-state index in [0.29, 0.717) is 23.8 Å². The van der Waals surface area contributed by atoms with Crippen LogP contribution in [0.4, 0.5) is 0 Å². The van der Waals surface area contributed by atoms with Crippen LogP contribution in [0.1, 0.15) is 86.1 Å². The second-order valence-corrected chi connectivity index (χ2v) is 12.3. The molecule has 0 bridgehead atoms. The Morgan fingerprint density at radius 3 is 2.73 bits per heavy atom. The molecule has 2 saturated heterocycles. The number of amides is 1. The topological polar surface area (TPSA) is 60.3 Å². The SMILES string of the molecule is COc1ccc2c([nH+]1)CCC[C@]21C[NH2+]C[C@H]1C(=O)N1CC[C@@H](c2ccccc2C)C[C@H]1C1CCCCC1. The van der Waals surface area contributed by atoms with Crippen molar-refractivity contribution >= 4 is 5.91 Å². The number of nitrogens with one attached hydrogen (secondary N) is 1. The van der Waals surface area contributed by atoms with Crippen molar-refractivity contribution in [2.24, 2.45) is 11.8 Å². The number of H-pyrrole nitrogens is 1. The maximum absolute atomic E-state index is 14.6. The molecular formula is C32H45N3O2+2. The molecule has 6 rings (SSSR count). The first-order chi connectivity index (χ1) is 18.1. The van der Waals surface area contributed by atoms with Gasteiger partial charge in [0, 0.05) is 24.6 Å². The molecule has 3 fully saturated rings. The number of benzene rings is 1. The summed E-state index contributed by atoms with van der Waals surface area (Å²) in [6, 6.07) is 13.6. The molecule has 1 saturated carbocycles. The van der Waals surface area contributed by atoms with Gasteiger partial charge < -0.3 is 15.0 Å². The van der Waals surface area contributed by atoms with E-state index in [1.54, 1.807) is 7.11 Å². The van der Waals surface area contributed by atoms with Crippen LogP contribution in [0.3, 0.4) is 0 Å². The van der Waals surface area contributed by atoms with Crippen LogP contribution < -0.4 is 15.0 Å². The zero-order valence-electron chi connectivity index (χ0n) is 22.8. The van der Waals surface area contributed by atoms with Crippen molar-refractivity contribution in [3.05, 3.63) is 58.8 Å². The number of likely N-dealkylation sites (tertiary alicyclic amines) is 1. The van der Waals surface area contributed by atoms with Crippen molar-refractivity contribution in [2.75, 3.05) is 26.7 Å². The Kier molecular flexibility index (Phi) is 7.00. The second-order valence-electron chi connectivity index (χ2n) is 12.3. The van der Waals surface area contributed by atoms with Crippen LogP contribution in [-0.4, -0.2) is 43.6 Å². The lowest BCUT2D eigenvalue weighted by Gasteiger charge is -2.47. The van der Waals surface area contributed by atoms with Gasteiger partial charge in [0.25, 0.3) is 0 Å². The molecule has 1 amide bonds. The number of methoxy groups -OCH3 is 1. The van der Waals surface area contributed by atoms with Gasteiger partial charge in [-0.25, -0.2) is 0 Å². The molecule has 37 heavy (non-hydrogen) atoms. The number of quaternary nitrogens is 1. The summed E-state index contributed by atoms with van der Waals surface area (Å²) in [6.07, 6.45) is 12.1. The Hall–Kier alpha value is -2.40. The predicted octanol–water partition coefficient (Wildman–Crippen LogP) is 3.94. The van der Waals surface area contributed by atoms with E-state index in [1.165, 1.54) is 54.5 Å². The number of aromatic nitrogens is 1. The molecule has 1 aromatic carbocycles. The van der Waals surface area contributed by atoms with Gasteiger partial charge >= 0.3 is 5.88 Å². The number of aromatic amines is 1. The fourth-order valence-electron chi connectivity index (χ4n) is 8.57. The van der Waals surface area contributed by atoms with Crippen molar-refractivity contribution in [3.63, 3.8) is 0 Å². The Bertz CT molecular complexity index is 1130. The molecule has 0 radical (unpaired) electrons. The summed E-state index contributed by atoms with van der Waals surface area (Å²) in [5, 5.41) is 2.41. The van der Waals surface area contributed by atoms with E-state index in [2.05, 4.69) is 58.5 Å². The molecule has 4 aliphatic rings. The van der Waals surface area contributed by atoms with E-state index < -0.39 is 0 Å². The summed E-state index contributed by atoms with van der Waals surface area (Å²) in [4.78, 5) is 20.6. The fourth-order valence-corrected chi connectivity index (χ4v) is 8.57. The van der Waals surface area contributed by atoms with Gasteiger partial charge in [-0.3, -0.25) is 4.79 Å². The summed E-state index contributed by atoms with van der Waals surface area (Å²) in [7, 11) is 1.72. The van der Waals surface area contributed by atoms with Crippen LogP contribution in [0.5, 0.6) is 5.88 Å². The molecule has 0 unspecified atom stereocenters. The van der Waals surface area contributed by atoms with Crippen molar-refractivity contribution in [3.8, 4) is 5.88 Å². The highest BCUT2D eigenvalue weighted by Crippen LogP contribution is 2.46. The van der Waals surface area contributed by atoms with E-state index in [9.17, 15) is 4.79 Å². The normalized spacial score (nSPS) is 30.3. The minimum Gasteiger partial charge on any atom is -0.448 e. The summed E-state index contributed by atoms with van der Waals surface area (Å²) in [5.74, 6) is 2.54. The van der Waals surface area contributed by atoms with Crippen LogP contribution in [0.2, 0.25) is 0 Å². The standard InChI is InChI=1S/C32H43N3O2/c1-22-9-6-7-12-25(22)24-16-18-35(29(19-24)23-10-4-3-5-11-23)31(36)27-20-33-21-32(27)17-8-13-28-26(32)14-15-30(34-28)37-2/h6-7,9,12,14-15,23-24,27,29,33H,3-5,8,10-11,13,16-21H2,1-2H3/p+2/t24-,27+,29+,32+/m1/s1. The third-order valence-corrected chi connectivity index (χ3v) is 10.4. The Morgan fingerprint density at radius 1 is 1.08 bits per heavy atom. The Morgan fingerprint density at radius 2 is 1.92 bits per heavy atom. The number of hydrogen-bond donors (Lipinski definition) is 1. The molecule has 2 aliphatic heterocycles. The third-order valence-electron chi connectivity index (χ3n) is 10.4. The number of piperidine rings is 1. The van der Waals surface area contributed by atoms with Gasteiger partial charge in [-0.05, 0) is 74.5 Å². The number of carbonyl (C=O) groups excluding carboxylic acids is 1. The van der Waals surface area contributed by atoms with Crippen molar-refractivity contribution in [2.45, 2.75) is 88.5 Å². The number of fused-ring (bicyclic) bond motifs is 2. The largest absolute Gasteiger partial charge is 0.448 e. The highest BCUT2D eigenvalue weighted by Gasteiger charge is 2.56. The van der Waals surface area contributed by atoms with Crippen molar-refractivity contribution in [1.29, 1.82) is 0 Å². The van der Waals surface area contributed by atoms with Gasteiger partial charge in [-0.15, -0.1) is 0 Å². The van der Waals surface area contributed by atoms with Crippen LogP contribution >= 0.6 is 0 Å². The van der Waals surface area contributed by atoms with Gasteiger partial charge in [0.2, 0.25) is 5.91 Å². The molecular weight excluding hydrogens is 458 g/mol. The van der Waals surface area contributed by atoms with Gasteiger partial charge in [0.05, 0.1) is 31.7 Å². The highest BCUT2D eigenvalue weighted by atomic mass is 16.5. The molecule has 5 heteroatoms. The summed E-state index contributed by atoms with van der Waals surface area (Å²) < 4.78 is 5.50. The first-order valence-electron chi connectivity index (χ1n) is 14.9. The average molecular weight is 504 g/mol. The molecule has 1 aromatic heterocycles. The molecule has 3 heterocycles. The molecule has 3 N–H and O–H groups in total. The average Bonchev–Trinajstić information content (AvgIpc) is 3.36. The Balaban J connectivity index is 1.31. The lowest BCUT2D eigenvalue weighted by Crippen LogP contribution is -2.82. The van der Waals surface area contributed by atoms with Crippen LogP contribution in [-0.2, 0) is 16.6 Å². The molecule has 198 valence electrons. The lowest BCUT2D eigenvalue weighted by atomic mass is 9.64. The maximum atomic E-state index is 14.6. The summed E-state index contributed by atoms with van der Waals surface area (Å²) in [5.41, 5.74) is 5.50. The number of pyridine rings is 1. The molecule has 5 nitrogen and oxygen atoms in total. The molecule has 4 atom stereocenters. The maximum Gasteiger partial charge on any atom is 0.366 e. The van der Waals surface area contributed by atoms with Crippen LogP contribution in [0.25, 0.3) is 0 Å². The number of rotatable bonds is 4. The minimum absolute atomic E-state index is 0.0581. The van der Waals surface area contributed by atoms with E-state index in [1.807, 2.05) is 0 Å². The first kappa shape index (κ1) is 24.9. The smallest absolute Gasteiger partial charge is 0.366 e. The highest BCUT2D eigenvalue weighted by molar-refractivity contribution is 5.82. The van der Waals surface area contributed by atoms with E-state index in [0.717, 1.165) is 57.6 Å². The zero-order chi connectivity index (χ0) is 25.4. The number of hydrogen-bond acceptors (Lipinski definition) is 2. The number of ether oxygens (including phenoxy) is 1. The second kappa shape index (κ2) is 10.4. The van der Waals surface area contributed by atoms with Crippen LogP contribution in [0, 0.1) is 18.8 Å².